The van der Waals surface area contributed by atoms with Crippen LogP contribution in [0.15, 0.2) is 36.1 Å². The van der Waals surface area contributed by atoms with Crippen molar-refractivity contribution in [2.45, 2.75) is 57.3 Å². The van der Waals surface area contributed by atoms with Crippen LogP contribution in [0.1, 0.15) is 49.1 Å². The molecular weight excluding hydrogens is 365 g/mol. The molecular formula is C21H23F3N4. The van der Waals surface area contributed by atoms with Gasteiger partial charge in [-0.15, -0.1) is 10.2 Å². The zero-order chi connectivity index (χ0) is 19.3. The molecule has 2 saturated carbocycles. The minimum absolute atomic E-state index is 0.0746. The molecule has 0 aromatic carbocycles. The Bertz CT molecular complexity index is 952. The second-order valence-corrected chi connectivity index (χ2v) is 8.29. The normalized spacial score (nSPS) is 24.6. The lowest BCUT2D eigenvalue weighted by molar-refractivity contribution is -0.137. The van der Waals surface area contributed by atoms with Gasteiger partial charge in [0.2, 0.25) is 0 Å². The number of hydrogen-bond acceptors (Lipinski definition) is 3. The third-order valence-corrected chi connectivity index (χ3v) is 6.21. The van der Waals surface area contributed by atoms with E-state index in [2.05, 4.69) is 33.7 Å². The molecule has 2 heterocycles. The van der Waals surface area contributed by atoms with Crippen molar-refractivity contribution in [1.29, 1.82) is 0 Å². The van der Waals surface area contributed by atoms with E-state index >= 15 is 0 Å². The van der Waals surface area contributed by atoms with E-state index in [1.165, 1.54) is 9.97 Å². The summed E-state index contributed by atoms with van der Waals surface area (Å²) < 4.78 is 43.2. The fourth-order valence-electron chi connectivity index (χ4n) is 4.54. The monoisotopic (exact) mass is 388 g/mol. The van der Waals surface area contributed by atoms with Crippen LogP contribution in [0.2, 0.25) is 0 Å². The lowest BCUT2D eigenvalue weighted by atomic mass is 9.95. The van der Waals surface area contributed by atoms with Gasteiger partial charge in [0.1, 0.15) is 11.4 Å². The van der Waals surface area contributed by atoms with Gasteiger partial charge < -0.3 is 5.32 Å². The molecule has 0 saturated heterocycles. The third-order valence-electron chi connectivity index (χ3n) is 6.21. The number of halogens is 3. The quantitative estimate of drug-likeness (QED) is 0.823. The third kappa shape index (κ3) is 3.36. The maximum absolute atomic E-state index is 13.9. The number of allylic oxidation sites excluding steroid dienone is 3. The smallest absolute Gasteiger partial charge is 0.310 e. The van der Waals surface area contributed by atoms with Crippen LogP contribution in [0.4, 0.5) is 13.2 Å². The Kier molecular flexibility index (Phi) is 4.30. The first kappa shape index (κ1) is 17.9. The molecule has 0 amide bonds. The molecule has 7 heteroatoms. The fourth-order valence-corrected chi connectivity index (χ4v) is 4.54. The number of pyridine rings is 1. The van der Waals surface area contributed by atoms with Crippen molar-refractivity contribution in [2.24, 2.45) is 11.8 Å². The molecule has 2 aromatic heterocycles. The van der Waals surface area contributed by atoms with E-state index in [9.17, 15) is 13.2 Å². The maximum Gasteiger partial charge on any atom is 0.420 e. The predicted octanol–water partition coefficient (Wildman–Crippen LogP) is 4.46. The van der Waals surface area contributed by atoms with Crippen LogP contribution in [0, 0.1) is 11.8 Å². The highest BCUT2D eigenvalue weighted by molar-refractivity contribution is 5.53. The summed E-state index contributed by atoms with van der Waals surface area (Å²) in [6.07, 6.45) is 9.50. The Morgan fingerprint density at radius 2 is 2.07 bits per heavy atom. The number of rotatable bonds is 5. The van der Waals surface area contributed by atoms with Gasteiger partial charge in [-0.2, -0.15) is 13.2 Å². The summed E-state index contributed by atoms with van der Waals surface area (Å²) in [6.45, 7) is 0.189. The van der Waals surface area contributed by atoms with Crippen molar-refractivity contribution in [2.75, 3.05) is 0 Å². The van der Waals surface area contributed by atoms with E-state index in [0.29, 0.717) is 24.1 Å². The van der Waals surface area contributed by atoms with E-state index in [0.717, 1.165) is 32.1 Å². The highest BCUT2D eigenvalue weighted by atomic mass is 19.4. The molecule has 2 atom stereocenters. The van der Waals surface area contributed by atoms with E-state index < -0.39 is 11.7 Å². The Morgan fingerprint density at radius 1 is 1.21 bits per heavy atom. The van der Waals surface area contributed by atoms with E-state index in [-0.39, 0.29) is 23.8 Å². The Balaban J connectivity index is 1.39. The van der Waals surface area contributed by atoms with Crippen LogP contribution in [-0.4, -0.2) is 20.6 Å². The minimum Gasteiger partial charge on any atom is -0.310 e. The molecule has 2 unspecified atom stereocenters. The standard InChI is InChI=1S/C21H23F3N4/c22-21(23,24)19-16(12-25-17-10-14-3-1-2-4-15(14)11-17)7-8-28-18(9-13-5-6-13)26-27-20(19)28/h1-3,7-8,13,15,17,25H,4-6,9-12H2. The zero-order valence-corrected chi connectivity index (χ0v) is 15.5. The van der Waals surface area contributed by atoms with Crippen molar-refractivity contribution >= 4 is 5.65 Å². The average molecular weight is 388 g/mol. The Hall–Kier alpha value is -2.15. The van der Waals surface area contributed by atoms with Crippen LogP contribution in [0.5, 0.6) is 0 Å². The fraction of sp³-hybridized carbons (Fsp3) is 0.524. The van der Waals surface area contributed by atoms with E-state index in [1.807, 2.05) is 0 Å². The molecule has 28 heavy (non-hydrogen) atoms. The number of nitrogens with zero attached hydrogens (tertiary/aromatic N) is 3. The maximum atomic E-state index is 13.9. The van der Waals surface area contributed by atoms with Crippen LogP contribution in [0.3, 0.4) is 0 Å². The van der Waals surface area contributed by atoms with Gasteiger partial charge in [0, 0.05) is 25.2 Å². The first-order valence-electron chi connectivity index (χ1n) is 10.0. The van der Waals surface area contributed by atoms with Crippen molar-refractivity contribution < 1.29 is 13.2 Å². The summed E-state index contributed by atoms with van der Waals surface area (Å²) in [7, 11) is 0. The van der Waals surface area contributed by atoms with Crippen molar-refractivity contribution in [3.63, 3.8) is 0 Å². The van der Waals surface area contributed by atoms with Gasteiger partial charge in [-0.1, -0.05) is 23.8 Å². The second-order valence-electron chi connectivity index (χ2n) is 8.29. The van der Waals surface area contributed by atoms with Crippen LogP contribution in [-0.2, 0) is 19.1 Å². The van der Waals surface area contributed by atoms with Gasteiger partial charge >= 0.3 is 6.18 Å². The van der Waals surface area contributed by atoms with Crippen LogP contribution < -0.4 is 5.32 Å². The molecule has 5 rings (SSSR count). The molecule has 2 aromatic rings. The summed E-state index contributed by atoms with van der Waals surface area (Å²) in [5, 5.41) is 11.3. The summed E-state index contributed by atoms with van der Waals surface area (Å²) in [4.78, 5) is 0. The number of aromatic nitrogens is 3. The Morgan fingerprint density at radius 3 is 2.82 bits per heavy atom. The van der Waals surface area contributed by atoms with Gasteiger partial charge in [0.05, 0.1) is 0 Å². The highest BCUT2D eigenvalue weighted by Crippen LogP contribution is 2.38. The molecule has 4 nitrogen and oxygen atoms in total. The van der Waals surface area contributed by atoms with Crippen molar-refractivity contribution in [1.82, 2.24) is 19.9 Å². The molecule has 0 radical (unpaired) electrons. The largest absolute Gasteiger partial charge is 0.420 e. The van der Waals surface area contributed by atoms with Gasteiger partial charge in [-0.25, -0.2) is 0 Å². The van der Waals surface area contributed by atoms with E-state index in [1.54, 1.807) is 12.3 Å². The van der Waals surface area contributed by atoms with E-state index in [4.69, 9.17) is 0 Å². The average Bonchev–Trinajstić information content (AvgIpc) is 3.23. The van der Waals surface area contributed by atoms with Crippen molar-refractivity contribution in [3.05, 3.63) is 53.0 Å². The molecule has 0 bridgehead atoms. The second kappa shape index (κ2) is 6.72. The van der Waals surface area contributed by atoms with Crippen LogP contribution >= 0.6 is 0 Å². The van der Waals surface area contributed by atoms with Gasteiger partial charge in [-0.3, -0.25) is 4.40 Å². The first-order valence-corrected chi connectivity index (χ1v) is 10.0. The first-order chi connectivity index (χ1) is 13.5. The summed E-state index contributed by atoms with van der Waals surface area (Å²) in [5.74, 6) is 1.70. The van der Waals surface area contributed by atoms with Gasteiger partial charge in [0.15, 0.2) is 5.65 Å². The topological polar surface area (TPSA) is 42.2 Å². The minimum atomic E-state index is -4.46. The van der Waals surface area contributed by atoms with Gasteiger partial charge in [-0.05, 0) is 55.6 Å². The lowest BCUT2D eigenvalue weighted by Gasteiger charge is -2.17. The molecule has 2 fully saturated rings. The lowest BCUT2D eigenvalue weighted by Crippen LogP contribution is -2.27. The van der Waals surface area contributed by atoms with Crippen molar-refractivity contribution in [3.8, 4) is 0 Å². The summed E-state index contributed by atoms with van der Waals surface area (Å²) in [6, 6.07) is 1.79. The van der Waals surface area contributed by atoms with Crippen LogP contribution in [0.25, 0.3) is 5.65 Å². The number of fused-ring (bicyclic) bond motifs is 2. The molecule has 0 aliphatic heterocycles. The Labute approximate surface area is 161 Å². The number of nitrogens with one attached hydrogen (secondary N) is 1. The number of hydrogen-bond donors (Lipinski definition) is 1. The highest BCUT2D eigenvalue weighted by Gasteiger charge is 2.38. The van der Waals surface area contributed by atoms with Gasteiger partial charge in [0.25, 0.3) is 0 Å². The zero-order valence-electron chi connectivity index (χ0n) is 15.5. The predicted molar refractivity (Wildman–Crippen MR) is 99.6 cm³/mol. The molecule has 3 aliphatic rings. The molecule has 0 spiro atoms. The summed E-state index contributed by atoms with van der Waals surface area (Å²) >= 11 is 0. The molecule has 148 valence electrons. The molecule has 3 aliphatic carbocycles. The number of alkyl halides is 3. The summed E-state index contributed by atoms with van der Waals surface area (Å²) in [5.41, 5.74) is 0.920. The molecule has 1 N–H and O–H groups in total. The SMILES string of the molecule is FC(F)(F)c1c(CNC2CC3=CC=CCC3C2)ccn2c(CC3CC3)nnc12.